The number of hydrazone groups is 1. The van der Waals surface area contributed by atoms with Crippen molar-refractivity contribution in [2.24, 2.45) is 5.10 Å². The molecule has 5 rings (SSSR count). The van der Waals surface area contributed by atoms with Gasteiger partial charge in [0.2, 0.25) is 0 Å². The van der Waals surface area contributed by atoms with Crippen molar-refractivity contribution >= 4 is 47.1 Å². The second kappa shape index (κ2) is 13.0. The molecule has 0 aliphatic carbocycles. The Morgan fingerprint density at radius 3 is 2.34 bits per heavy atom. The van der Waals surface area contributed by atoms with E-state index in [2.05, 4.69) is 15.8 Å². The molecule has 1 aliphatic heterocycles. The average Bonchev–Trinajstić information content (AvgIpc) is 3.35. The summed E-state index contributed by atoms with van der Waals surface area (Å²) in [6.45, 7) is 0.350. The lowest BCUT2D eigenvalue weighted by Gasteiger charge is -2.26. The van der Waals surface area contributed by atoms with E-state index in [1.165, 1.54) is 0 Å². The van der Waals surface area contributed by atoms with Crippen molar-refractivity contribution in [1.29, 1.82) is 0 Å². The molecule has 3 N–H and O–H groups in total. The summed E-state index contributed by atoms with van der Waals surface area (Å²) in [5.74, 6) is -0.146. The van der Waals surface area contributed by atoms with Crippen LogP contribution in [0.3, 0.4) is 0 Å². The number of carbonyl (C=O) groups excluding carboxylic acids is 2. The fourth-order valence-electron chi connectivity index (χ4n) is 4.64. The third-order valence-electron chi connectivity index (χ3n) is 6.70. The summed E-state index contributed by atoms with van der Waals surface area (Å²) in [5.41, 5.74) is 7.82. The molecular weight excluding hydrogens is 536 g/mol. The summed E-state index contributed by atoms with van der Waals surface area (Å²) in [6.07, 6.45) is 1.70. The van der Waals surface area contributed by atoms with Gasteiger partial charge in [0.15, 0.2) is 0 Å². The Morgan fingerprint density at radius 2 is 1.66 bits per heavy atom. The Hall–Kier alpha value is -4.89. The van der Waals surface area contributed by atoms with Gasteiger partial charge in [-0.1, -0.05) is 60.7 Å². The Kier molecular flexibility index (Phi) is 8.76. The molecule has 4 aromatic rings. The number of aldehydes is 1. The van der Waals surface area contributed by atoms with Gasteiger partial charge < -0.3 is 20.1 Å². The second-order valence-corrected chi connectivity index (χ2v) is 10.6. The van der Waals surface area contributed by atoms with Gasteiger partial charge in [-0.3, -0.25) is 0 Å². The molecule has 2 amide bonds. The Labute approximate surface area is 242 Å². The van der Waals surface area contributed by atoms with E-state index in [9.17, 15) is 14.4 Å². The quantitative estimate of drug-likeness (QED) is 0.124. The molecule has 1 atom stereocenters. The highest BCUT2D eigenvalue weighted by atomic mass is 32.2. The molecule has 9 heteroatoms. The molecule has 0 saturated carbocycles. The lowest BCUT2D eigenvalue weighted by molar-refractivity contribution is -0.109. The third kappa shape index (κ3) is 6.82. The molecule has 8 nitrogen and oxygen atoms in total. The number of aryl methyl sites for hydroxylation is 1. The molecule has 0 aromatic heterocycles. The number of benzene rings is 4. The Balaban J connectivity index is 1.35. The second-order valence-electron chi connectivity index (χ2n) is 9.39. The van der Waals surface area contributed by atoms with Gasteiger partial charge in [-0.2, -0.15) is 5.10 Å². The number of para-hydroxylation sites is 1. The van der Waals surface area contributed by atoms with Crippen LogP contribution in [0.2, 0.25) is 0 Å². The van der Waals surface area contributed by atoms with Crippen molar-refractivity contribution in [3.05, 3.63) is 125 Å². The molecule has 1 aliphatic rings. The van der Waals surface area contributed by atoms with E-state index in [4.69, 9.17) is 5.11 Å². The minimum Gasteiger partial charge on any atom is -0.478 e. The first-order valence-corrected chi connectivity index (χ1v) is 14.1. The van der Waals surface area contributed by atoms with E-state index < -0.39 is 18.0 Å². The molecule has 206 valence electrons. The van der Waals surface area contributed by atoms with Crippen LogP contribution in [-0.4, -0.2) is 41.4 Å². The number of nitrogens with one attached hydrogen (secondary N) is 2. The van der Waals surface area contributed by atoms with E-state index in [1.54, 1.807) is 36.0 Å². The van der Waals surface area contributed by atoms with Gasteiger partial charge in [0.25, 0.3) is 0 Å². The summed E-state index contributed by atoms with van der Waals surface area (Å²) < 4.78 is 0. The zero-order valence-corrected chi connectivity index (χ0v) is 22.9. The van der Waals surface area contributed by atoms with Crippen LogP contribution in [0.4, 0.5) is 16.2 Å². The van der Waals surface area contributed by atoms with Gasteiger partial charge in [0, 0.05) is 27.6 Å². The van der Waals surface area contributed by atoms with Crippen molar-refractivity contribution in [2.75, 3.05) is 22.5 Å². The number of urea groups is 1. The van der Waals surface area contributed by atoms with Crippen LogP contribution >= 0.6 is 11.8 Å². The van der Waals surface area contributed by atoms with Crippen LogP contribution in [-0.2, 0) is 11.2 Å². The number of aromatic carboxylic acids is 1. The van der Waals surface area contributed by atoms with Crippen LogP contribution in [0.5, 0.6) is 0 Å². The van der Waals surface area contributed by atoms with E-state index in [1.807, 2.05) is 83.8 Å². The standard InChI is InChI=1S/C32H28N4O4S/c37-21-30(23-7-3-1-4-8-23)36-20-28(34-35-32(40)33-25-9-5-2-6-10-25)27-19-26(15-16-29(27)36)41-18-17-22-11-13-24(14-12-22)31(38)39/h1-16,19,21,30H,17-18,20H2,(H,38,39)(H2,33,35,40). The highest BCUT2D eigenvalue weighted by Crippen LogP contribution is 2.37. The fourth-order valence-corrected chi connectivity index (χ4v) is 5.58. The van der Waals surface area contributed by atoms with Crippen molar-refractivity contribution < 1.29 is 19.5 Å². The monoisotopic (exact) mass is 564 g/mol. The van der Waals surface area contributed by atoms with Gasteiger partial charge in [0.1, 0.15) is 12.3 Å². The molecule has 41 heavy (non-hydrogen) atoms. The van der Waals surface area contributed by atoms with Crippen LogP contribution in [0.15, 0.2) is 113 Å². The van der Waals surface area contributed by atoms with Crippen LogP contribution in [0, 0.1) is 0 Å². The number of anilines is 2. The van der Waals surface area contributed by atoms with E-state index in [-0.39, 0.29) is 5.56 Å². The number of carboxylic acids is 1. The molecule has 0 radical (unpaired) electrons. The van der Waals surface area contributed by atoms with Crippen LogP contribution in [0.25, 0.3) is 0 Å². The zero-order chi connectivity index (χ0) is 28.6. The van der Waals surface area contributed by atoms with Crippen molar-refractivity contribution in [3.8, 4) is 0 Å². The number of carbonyl (C=O) groups is 3. The number of thioether (sulfide) groups is 1. The lowest BCUT2D eigenvalue weighted by Crippen LogP contribution is -2.31. The van der Waals surface area contributed by atoms with Gasteiger partial charge in [-0.15, -0.1) is 11.8 Å². The molecule has 1 heterocycles. The predicted octanol–water partition coefficient (Wildman–Crippen LogP) is 6.01. The van der Waals surface area contributed by atoms with Gasteiger partial charge in [-0.05, 0) is 60.0 Å². The van der Waals surface area contributed by atoms with Crippen molar-refractivity contribution in [3.63, 3.8) is 0 Å². The number of rotatable bonds is 10. The van der Waals surface area contributed by atoms with E-state index >= 15 is 0 Å². The molecule has 0 saturated heterocycles. The van der Waals surface area contributed by atoms with E-state index in [0.717, 1.165) is 45.7 Å². The van der Waals surface area contributed by atoms with Crippen molar-refractivity contribution in [2.45, 2.75) is 17.4 Å². The topological polar surface area (TPSA) is 111 Å². The first-order chi connectivity index (χ1) is 20.0. The van der Waals surface area contributed by atoms with Crippen LogP contribution < -0.4 is 15.6 Å². The largest absolute Gasteiger partial charge is 0.478 e. The molecule has 0 bridgehead atoms. The summed E-state index contributed by atoms with van der Waals surface area (Å²) in [6, 6.07) is 30.7. The number of hydrogen-bond donors (Lipinski definition) is 3. The highest BCUT2D eigenvalue weighted by molar-refractivity contribution is 7.99. The number of fused-ring (bicyclic) bond motifs is 1. The maximum atomic E-state index is 12.5. The number of hydrogen-bond acceptors (Lipinski definition) is 6. The summed E-state index contributed by atoms with van der Waals surface area (Å²) >= 11 is 1.67. The van der Waals surface area contributed by atoms with Gasteiger partial charge >= 0.3 is 12.0 Å². The summed E-state index contributed by atoms with van der Waals surface area (Å²) in [7, 11) is 0. The van der Waals surface area contributed by atoms with E-state index in [0.29, 0.717) is 17.9 Å². The molecular formula is C32H28N4O4S. The average molecular weight is 565 g/mol. The zero-order valence-electron chi connectivity index (χ0n) is 22.1. The molecule has 0 spiro atoms. The molecule has 4 aromatic carbocycles. The maximum absolute atomic E-state index is 12.5. The smallest absolute Gasteiger partial charge is 0.339 e. The normalized spacial score (nSPS) is 13.9. The third-order valence-corrected chi connectivity index (χ3v) is 7.69. The molecule has 1 unspecified atom stereocenters. The Bertz CT molecular complexity index is 1560. The number of amides is 2. The minimum absolute atomic E-state index is 0.270. The lowest BCUT2D eigenvalue weighted by atomic mass is 10.1. The number of nitrogens with zero attached hydrogens (tertiary/aromatic N) is 2. The first-order valence-electron chi connectivity index (χ1n) is 13.1. The van der Waals surface area contributed by atoms with Crippen LogP contribution in [0.1, 0.15) is 33.1 Å². The minimum atomic E-state index is -0.938. The first kappa shape index (κ1) is 27.7. The summed E-state index contributed by atoms with van der Waals surface area (Å²) in [4.78, 5) is 38.9. The predicted molar refractivity (Wildman–Crippen MR) is 162 cm³/mol. The number of carboxylic acid groups (broad SMARTS) is 1. The van der Waals surface area contributed by atoms with Gasteiger partial charge in [-0.25, -0.2) is 15.0 Å². The maximum Gasteiger partial charge on any atom is 0.339 e. The highest BCUT2D eigenvalue weighted by Gasteiger charge is 2.31. The SMILES string of the molecule is O=CC(c1ccccc1)N1CC(=NNC(=O)Nc2ccccc2)c2cc(SCCc3ccc(C(=O)O)cc3)ccc21. The Morgan fingerprint density at radius 1 is 0.951 bits per heavy atom. The summed E-state index contributed by atoms with van der Waals surface area (Å²) in [5, 5.41) is 16.3. The van der Waals surface area contributed by atoms with Crippen molar-refractivity contribution in [1.82, 2.24) is 5.43 Å². The fraction of sp³-hybridized carbons (Fsp3) is 0.125. The molecule has 0 fully saturated rings. The van der Waals surface area contributed by atoms with Gasteiger partial charge in [0.05, 0.1) is 17.8 Å².